The van der Waals surface area contributed by atoms with Crippen molar-refractivity contribution in [2.24, 2.45) is 7.05 Å². The van der Waals surface area contributed by atoms with Crippen LogP contribution in [0.25, 0.3) is 0 Å². The quantitative estimate of drug-likeness (QED) is 0.915. The Bertz CT molecular complexity index is 691. The molecule has 0 spiro atoms. The molecule has 9 heteroatoms. The Morgan fingerprint density at radius 1 is 1.41 bits per heavy atom. The van der Waals surface area contributed by atoms with E-state index in [1.54, 1.807) is 7.05 Å². The van der Waals surface area contributed by atoms with Crippen LogP contribution >= 0.6 is 11.6 Å². The molecule has 1 aromatic carbocycles. The number of methoxy groups -OCH3 is 1. The van der Waals surface area contributed by atoms with E-state index in [0.29, 0.717) is 5.69 Å². The smallest absolute Gasteiger partial charge is 0.387 e. The number of rotatable bonds is 5. The fraction of sp³-hybridized carbons (Fsp3) is 0.231. The van der Waals surface area contributed by atoms with Gasteiger partial charge in [0.05, 0.1) is 12.1 Å². The highest BCUT2D eigenvalue weighted by Crippen LogP contribution is 2.31. The highest BCUT2D eigenvalue weighted by molar-refractivity contribution is 6.34. The van der Waals surface area contributed by atoms with Crippen molar-refractivity contribution < 1.29 is 23.0 Å². The minimum atomic E-state index is -2.97. The minimum absolute atomic E-state index is 0.0519. The summed E-state index contributed by atoms with van der Waals surface area (Å²) in [6.07, 6.45) is 1.48. The second-order valence-corrected chi connectivity index (χ2v) is 4.60. The van der Waals surface area contributed by atoms with Gasteiger partial charge >= 0.3 is 6.61 Å². The lowest BCUT2D eigenvalue weighted by atomic mass is 10.2. The van der Waals surface area contributed by atoms with Gasteiger partial charge in [-0.3, -0.25) is 9.48 Å². The zero-order chi connectivity index (χ0) is 16.3. The average molecular weight is 332 g/mol. The normalized spacial score (nSPS) is 10.6. The fourth-order valence-electron chi connectivity index (χ4n) is 1.74. The third-order valence-corrected chi connectivity index (χ3v) is 2.91. The number of anilines is 1. The Hall–Kier alpha value is -2.35. The molecule has 1 heterocycles. The first kappa shape index (κ1) is 16.0. The van der Waals surface area contributed by atoms with Crippen molar-refractivity contribution in [1.82, 2.24) is 9.78 Å². The molecular weight excluding hydrogens is 320 g/mol. The number of hydrogen-bond acceptors (Lipinski definition) is 4. The number of hydrogen-bond donors (Lipinski definition) is 1. The van der Waals surface area contributed by atoms with Gasteiger partial charge in [-0.1, -0.05) is 11.6 Å². The van der Waals surface area contributed by atoms with Crippen LogP contribution in [-0.2, 0) is 7.05 Å². The molecule has 0 saturated heterocycles. The van der Waals surface area contributed by atoms with Crippen molar-refractivity contribution >= 4 is 23.2 Å². The summed E-state index contributed by atoms with van der Waals surface area (Å²) in [5.74, 6) is -0.605. The molecule has 118 valence electrons. The van der Waals surface area contributed by atoms with E-state index in [-0.39, 0.29) is 22.2 Å². The van der Waals surface area contributed by atoms with Gasteiger partial charge in [-0.2, -0.15) is 13.9 Å². The van der Waals surface area contributed by atoms with Gasteiger partial charge in [0.2, 0.25) is 0 Å². The van der Waals surface area contributed by atoms with Crippen LogP contribution in [0.4, 0.5) is 14.5 Å². The topological polar surface area (TPSA) is 65.4 Å². The molecule has 22 heavy (non-hydrogen) atoms. The molecule has 1 N–H and O–H groups in total. The number of amides is 1. The van der Waals surface area contributed by atoms with Crippen molar-refractivity contribution in [2.45, 2.75) is 6.61 Å². The van der Waals surface area contributed by atoms with E-state index >= 15 is 0 Å². The fourth-order valence-corrected chi connectivity index (χ4v) is 2.01. The van der Waals surface area contributed by atoms with Crippen molar-refractivity contribution in [3.8, 4) is 11.5 Å². The minimum Gasteiger partial charge on any atom is -0.493 e. The molecule has 1 aromatic heterocycles. The first-order valence-electron chi connectivity index (χ1n) is 6.04. The number of carbonyl (C=O) groups is 1. The van der Waals surface area contributed by atoms with E-state index in [1.807, 2.05) is 0 Å². The number of aromatic nitrogens is 2. The summed E-state index contributed by atoms with van der Waals surface area (Å²) in [6, 6.07) is 4.02. The van der Waals surface area contributed by atoms with Gasteiger partial charge in [-0.15, -0.1) is 0 Å². The van der Waals surface area contributed by atoms with Crippen LogP contribution in [0.3, 0.4) is 0 Å². The summed E-state index contributed by atoms with van der Waals surface area (Å²) in [6.45, 7) is -2.97. The summed E-state index contributed by atoms with van der Waals surface area (Å²) in [7, 11) is 2.93. The third-order valence-electron chi connectivity index (χ3n) is 2.64. The van der Waals surface area contributed by atoms with Gasteiger partial charge in [0.15, 0.2) is 17.2 Å². The molecule has 0 atom stereocenters. The lowest BCUT2D eigenvalue weighted by Crippen LogP contribution is -2.13. The van der Waals surface area contributed by atoms with E-state index < -0.39 is 12.5 Å². The Balaban J connectivity index is 2.19. The van der Waals surface area contributed by atoms with Gasteiger partial charge in [-0.25, -0.2) is 0 Å². The van der Waals surface area contributed by atoms with Gasteiger partial charge in [0.25, 0.3) is 5.91 Å². The summed E-state index contributed by atoms with van der Waals surface area (Å²) in [5.41, 5.74) is 0.376. The number of ether oxygens (including phenoxy) is 2. The van der Waals surface area contributed by atoms with Gasteiger partial charge < -0.3 is 14.8 Å². The molecule has 2 rings (SSSR count). The largest absolute Gasteiger partial charge is 0.493 e. The van der Waals surface area contributed by atoms with Crippen molar-refractivity contribution in [3.63, 3.8) is 0 Å². The maximum Gasteiger partial charge on any atom is 0.387 e. The van der Waals surface area contributed by atoms with Gasteiger partial charge in [0.1, 0.15) is 0 Å². The SMILES string of the molecule is COc1cc(NC(=O)c2nn(C)cc2Cl)ccc1OC(F)F. The molecule has 0 bridgehead atoms. The number of halogens is 3. The van der Waals surface area contributed by atoms with E-state index in [1.165, 1.54) is 36.2 Å². The molecule has 0 aliphatic carbocycles. The van der Waals surface area contributed by atoms with Crippen molar-refractivity contribution in [2.75, 3.05) is 12.4 Å². The highest BCUT2D eigenvalue weighted by Gasteiger charge is 2.16. The van der Waals surface area contributed by atoms with Crippen LogP contribution in [-0.4, -0.2) is 29.4 Å². The van der Waals surface area contributed by atoms with Crippen LogP contribution in [0.2, 0.25) is 5.02 Å². The monoisotopic (exact) mass is 331 g/mol. The summed E-state index contributed by atoms with van der Waals surface area (Å²) in [5, 5.41) is 6.67. The van der Waals surface area contributed by atoms with Crippen LogP contribution in [0.15, 0.2) is 24.4 Å². The van der Waals surface area contributed by atoms with E-state index in [4.69, 9.17) is 16.3 Å². The number of nitrogens with zero attached hydrogens (tertiary/aromatic N) is 2. The molecule has 0 radical (unpaired) electrons. The molecule has 1 amide bonds. The van der Waals surface area contributed by atoms with E-state index in [0.717, 1.165) is 0 Å². The zero-order valence-electron chi connectivity index (χ0n) is 11.6. The summed E-state index contributed by atoms with van der Waals surface area (Å²) < 4.78 is 35.1. The van der Waals surface area contributed by atoms with Crippen LogP contribution in [0, 0.1) is 0 Å². The molecule has 0 fully saturated rings. The molecule has 0 saturated carbocycles. The first-order valence-corrected chi connectivity index (χ1v) is 6.42. The molecule has 6 nitrogen and oxygen atoms in total. The number of carbonyl (C=O) groups excluding carboxylic acids is 1. The van der Waals surface area contributed by atoms with E-state index in [9.17, 15) is 13.6 Å². The second kappa shape index (κ2) is 6.61. The second-order valence-electron chi connectivity index (χ2n) is 4.20. The Labute approximate surface area is 129 Å². The average Bonchev–Trinajstić information content (AvgIpc) is 2.79. The van der Waals surface area contributed by atoms with Crippen LogP contribution in [0.1, 0.15) is 10.5 Å². The predicted octanol–water partition coefficient (Wildman–Crippen LogP) is 2.94. The maximum atomic E-state index is 12.2. The predicted molar refractivity (Wildman–Crippen MR) is 75.8 cm³/mol. The summed E-state index contributed by atoms with van der Waals surface area (Å²) in [4.78, 5) is 12.0. The third kappa shape index (κ3) is 3.64. The first-order chi connectivity index (χ1) is 10.4. The van der Waals surface area contributed by atoms with Crippen LogP contribution in [0.5, 0.6) is 11.5 Å². The van der Waals surface area contributed by atoms with Crippen molar-refractivity contribution in [1.29, 1.82) is 0 Å². The van der Waals surface area contributed by atoms with E-state index in [2.05, 4.69) is 15.2 Å². The lowest BCUT2D eigenvalue weighted by Gasteiger charge is -2.11. The van der Waals surface area contributed by atoms with Crippen molar-refractivity contribution in [3.05, 3.63) is 35.1 Å². The zero-order valence-corrected chi connectivity index (χ0v) is 12.4. The molecule has 0 unspecified atom stereocenters. The molecular formula is C13H12ClF2N3O3. The lowest BCUT2D eigenvalue weighted by molar-refractivity contribution is -0.0512. The summed E-state index contributed by atoms with van der Waals surface area (Å²) >= 11 is 5.88. The Kier molecular flexibility index (Phi) is 4.81. The van der Waals surface area contributed by atoms with Gasteiger partial charge in [-0.05, 0) is 12.1 Å². The van der Waals surface area contributed by atoms with Gasteiger partial charge in [0, 0.05) is 25.0 Å². The number of benzene rings is 1. The number of aryl methyl sites for hydroxylation is 1. The number of nitrogens with one attached hydrogen (secondary N) is 1. The molecule has 0 aliphatic rings. The standard InChI is InChI=1S/C13H12ClF2N3O3/c1-19-6-8(14)11(18-19)12(20)17-7-3-4-9(22-13(15)16)10(5-7)21-2/h3-6,13H,1-2H3,(H,17,20). The van der Waals surface area contributed by atoms with Crippen LogP contribution < -0.4 is 14.8 Å². The Morgan fingerprint density at radius 3 is 2.68 bits per heavy atom. The molecule has 2 aromatic rings. The molecule has 0 aliphatic heterocycles. The maximum absolute atomic E-state index is 12.2. The number of alkyl halides is 2. The Morgan fingerprint density at radius 2 is 2.14 bits per heavy atom. The highest BCUT2D eigenvalue weighted by atomic mass is 35.5.